The maximum Gasteiger partial charge on any atom is 0.239 e. The molecule has 3 nitrogen and oxygen atoms in total. The van der Waals surface area contributed by atoms with Crippen molar-refractivity contribution in [3.8, 4) is 0 Å². The van der Waals surface area contributed by atoms with Gasteiger partial charge in [0.1, 0.15) is 0 Å². The van der Waals surface area contributed by atoms with E-state index in [1.54, 1.807) is 11.3 Å². The molecule has 0 spiro atoms. The smallest absolute Gasteiger partial charge is 0.239 e. The molecular weight excluding hydrogens is 220 g/mol. The van der Waals surface area contributed by atoms with Gasteiger partial charge in [0.15, 0.2) is 0 Å². The summed E-state index contributed by atoms with van der Waals surface area (Å²) < 4.78 is 0. The summed E-state index contributed by atoms with van der Waals surface area (Å²) in [4.78, 5) is 13.9. The van der Waals surface area contributed by atoms with Gasteiger partial charge < -0.3 is 10.2 Å². The molecule has 0 bridgehead atoms. The summed E-state index contributed by atoms with van der Waals surface area (Å²) in [6, 6.07) is 2.11. The van der Waals surface area contributed by atoms with Gasteiger partial charge in [-0.05, 0) is 41.8 Å². The fourth-order valence-corrected chi connectivity index (χ4v) is 2.72. The molecule has 1 aliphatic heterocycles. The minimum atomic E-state index is 0.0392. The third-order valence-electron chi connectivity index (χ3n) is 2.98. The molecule has 2 heterocycles. The van der Waals surface area contributed by atoms with Crippen molar-refractivity contribution < 1.29 is 4.79 Å². The van der Waals surface area contributed by atoms with Crippen LogP contribution in [0.5, 0.6) is 0 Å². The van der Waals surface area contributed by atoms with Crippen LogP contribution in [-0.2, 0) is 11.3 Å². The predicted octanol–water partition coefficient (Wildman–Crippen LogP) is 1.85. The highest BCUT2D eigenvalue weighted by Crippen LogP contribution is 2.12. The lowest BCUT2D eigenvalue weighted by Gasteiger charge is -2.27. The van der Waals surface area contributed by atoms with Crippen molar-refractivity contribution in [1.29, 1.82) is 0 Å². The number of hydrogen-bond acceptors (Lipinski definition) is 3. The van der Waals surface area contributed by atoms with E-state index in [1.165, 1.54) is 12.0 Å². The van der Waals surface area contributed by atoms with E-state index in [1.807, 2.05) is 17.3 Å². The van der Waals surface area contributed by atoms with Crippen molar-refractivity contribution in [2.24, 2.45) is 0 Å². The number of carbonyl (C=O) groups is 1. The standard InChI is InChI=1S/C12H18N2OS/c1-14(8-10-5-7-16-9-10)12(15)11-4-2-3-6-13-11/h5,7,9,11,13H,2-4,6,8H2,1H3. The maximum absolute atomic E-state index is 12.1. The van der Waals surface area contributed by atoms with Gasteiger partial charge in [0.2, 0.25) is 5.91 Å². The molecule has 1 saturated heterocycles. The minimum Gasteiger partial charge on any atom is -0.340 e. The molecule has 0 radical (unpaired) electrons. The van der Waals surface area contributed by atoms with Crippen LogP contribution >= 0.6 is 11.3 Å². The lowest BCUT2D eigenvalue weighted by atomic mass is 10.0. The Hall–Kier alpha value is -0.870. The predicted molar refractivity (Wildman–Crippen MR) is 66.4 cm³/mol. The molecule has 1 unspecified atom stereocenters. The topological polar surface area (TPSA) is 32.3 Å². The lowest BCUT2D eigenvalue weighted by Crippen LogP contribution is -2.46. The molecule has 2 rings (SSSR count). The molecule has 1 fully saturated rings. The summed E-state index contributed by atoms with van der Waals surface area (Å²) >= 11 is 1.68. The van der Waals surface area contributed by atoms with Crippen LogP contribution in [0.15, 0.2) is 16.8 Å². The highest BCUT2D eigenvalue weighted by Gasteiger charge is 2.23. The zero-order valence-corrected chi connectivity index (χ0v) is 10.4. The van der Waals surface area contributed by atoms with E-state index in [4.69, 9.17) is 0 Å². The van der Waals surface area contributed by atoms with E-state index in [2.05, 4.69) is 16.8 Å². The molecule has 4 heteroatoms. The Morgan fingerprint density at radius 1 is 1.62 bits per heavy atom. The number of hydrogen-bond donors (Lipinski definition) is 1. The van der Waals surface area contributed by atoms with Crippen molar-refractivity contribution in [1.82, 2.24) is 10.2 Å². The first-order valence-corrected chi connectivity index (χ1v) is 6.71. The van der Waals surface area contributed by atoms with E-state index in [0.29, 0.717) is 0 Å². The third kappa shape index (κ3) is 2.83. The number of carbonyl (C=O) groups excluding carboxylic acids is 1. The van der Waals surface area contributed by atoms with Gasteiger partial charge in [0.25, 0.3) is 0 Å². The van der Waals surface area contributed by atoms with Crippen LogP contribution in [0.4, 0.5) is 0 Å². The molecule has 1 N–H and O–H groups in total. The molecule has 1 aromatic heterocycles. The number of likely N-dealkylation sites (N-methyl/N-ethyl adjacent to an activating group) is 1. The first-order chi connectivity index (χ1) is 7.77. The van der Waals surface area contributed by atoms with Crippen LogP contribution in [0.3, 0.4) is 0 Å². The zero-order valence-electron chi connectivity index (χ0n) is 9.61. The number of nitrogens with one attached hydrogen (secondary N) is 1. The second-order valence-corrected chi connectivity index (χ2v) is 5.11. The van der Waals surface area contributed by atoms with Crippen molar-refractivity contribution >= 4 is 17.2 Å². The zero-order chi connectivity index (χ0) is 11.4. The molecule has 1 aromatic rings. The van der Waals surface area contributed by atoms with Crippen LogP contribution < -0.4 is 5.32 Å². The monoisotopic (exact) mass is 238 g/mol. The molecule has 0 saturated carbocycles. The Morgan fingerprint density at radius 3 is 3.12 bits per heavy atom. The Balaban J connectivity index is 1.88. The second-order valence-electron chi connectivity index (χ2n) is 4.33. The first-order valence-electron chi connectivity index (χ1n) is 5.77. The maximum atomic E-state index is 12.1. The summed E-state index contributed by atoms with van der Waals surface area (Å²) in [7, 11) is 1.89. The number of thiophene rings is 1. The van der Waals surface area contributed by atoms with Crippen molar-refractivity contribution in [3.63, 3.8) is 0 Å². The van der Waals surface area contributed by atoms with Crippen LogP contribution in [0.25, 0.3) is 0 Å². The van der Waals surface area contributed by atoms with Gasteiger partial charge in [0.05, 0.1) is 6.04 Å². The van der Waals surface area contributed by atoms with Crippen molar-refractivity contribution in [2.45, 2.75) is 31.8 Å². The van der Waals surface area contributed by atoms with Crippen LogP contribution in [-0.4, -0.2) is 30.4 Å². The van der Waals surface area contributed by atoms with E-state index >= 15 is 0 Å². The van der Waals surface area contributed by atoms with Gasteiger partial charge in [-0.2, -0.15) is 11.3 Å². The normalized spacial score (nSPS) is 20.7. The van der Waals surface area contributed by atoms with Crippen molar-refractivity contribution in [2.75, 3.05) is 13.6 Å². The molecule has 1 atom stereocenters. The Bertz CT molecular complexity index is 331. The van der Waals surface area contributed by atoms with Gasteiger partial charge in [-0.25, -0.2) is 0 Å². The van der Waals surface area contributed by atoms with E-state index in [0.717, 1.165) is 25.9 Å². The lowest BCUT2D eigenvalue weighted by molar-refractivity contribution is -0.133. The summed E-state index contributed by atoms with van der Waals surface area (Å²) in [5, 5.41) is 7.43. The molecule has 0 aromatic carbocycles. The minimum absolute atomic E-state index is 0.0392. The van der Waals surface area contributed by atoms with Crippen LogP contribution in [0.2, 0.25) is 0 Å². The molecule has 0 aliphatic carbocycles. The van der Waals surface area contributed by atoms with Gasteiger partial charge in [-0.15, -0.1) is 0 Å². The Labute approximate surface area is 100 Å². The number of piperidine rings is 1. The first kappa shape index (κ1) is 11.6. The molecule has 1 amide bonds. The largest absolute Gasteiger partial charge is 0.340 e. The van der Waals surface area contributed by atoms with E-state index in [-0.39, 0.29) is 11.9 Å². The molecular formula is C12H18N2OS. The van der Waals surface area contributed by atoms with Gasteiger partial charge in [-0.3, -0.25) is 4.79 Å². The molecule has 16 heavy (non-hydrogen) atoms. The van der Waals surface area contributed by atoms with E-state index < -0.39 is 0 Å². The number of nitrogens with zero attached hydrogens (tertiary/aromatic N) is 1. The quantitative estimate of drug-likeness (QED) is 0.871. The second kappa shape index (κ2) is 5.46. The van der Waals surface area contributed by atoms with Crippen LogP contribution in [0, 0.1) is 0 Å². The fraction of sp³-hybridized carbons (Fsp3) is 0.583. The average Bonchev–Trinajstić information content (AvgIpc) is 2.82. The summed E-state index contributed by atoms with van der Waals surface area (Å²) in [5.74, 6) is 0.228. The SMILES string of the molecule is CN(Cc1ccsc1)C(=O)C1CCCCN1. The highest BCUT2D eigenvalue weighted by atomic mass is 32.1. The molecule has 88 valence electrons. The number of amides is 1. The van der Waals surface area contributed by atoms with Crippen molar-refractivity contribution in [3.05, 3.63) is 22.4 Å². The molecule has 1 aliphatic rings. The fourth-order valence-electron chi connectivity index (χ4n) is 2.06. The highest BCUT2D eigenvalue weighted by molar-refractivity contribution is 7.07. The number of rotatable bonds is 3. The van der Waals surface area contributed by atoms with Gasteiger partial charge in [0, 0.05) is 13.6 Å². The summed E-state index contributed by atoms with van der Waals surface area (Å²) in [6.45, 7) is 1.70. The van der Waals surface area contributed by atoms with Gasteiger partial charge >= 0.3 is 0 Å². The Kier molecular flexibility index (Phi) is 3.96. The van der Waals surface area contributed by atoms with Crippen LogP contribution in [0.1, 0.15) is 24.8 Å². The third-order valence-corrected chi connectivity index (χ3v) is 3.72. The van der Waals surface area contributed by atoms with E-state index in [9.17, 15) is 4.79 Å². The van der Waals surface area contributed by atoms with Gasteiger partial charge in [-0.1, -0.05) is 6.42 Å². The summed E-state index contributed by atoms with van der Waals surface area (Å²) in [6.07, 6.45) is 3.33. The Morgan fingerprint density at radius 2 is 2.50 bits per heavy atom. The summed E-state index contributed by atoms with van der Waals surface area (Å²) in [5.41, 5.74) is 1.22. The average molecular weight is 238 g/mol.